The van der Waals surface area contributed by atoms with E-state index in [0.29, 0.717) is 24.2 Å². The van der Waals surface area contributed by atoms with Crippen LogP contribution in [0.2, 0.25) is 0 Å². The van der Waals surface area contributed by atoms with Crippen LogP contribution in [0.25, 0.3) is 27.9 Å². The minimum absolute atomic E-state index is 0.0141. The van der Waals surface area contributed by atoms with Gasteiger partial charge in [-0.25, -0.2) is 33.7 Å². The topological polar surface area (TPSA) is 216 Å². The molecule has 1 fully saturated rings. The van der Waals surface area contributed by atoms with Crippen molar-refractivity contribution in [1.29, 1.82) is 5.26 Å². The minimum atomic E-state index is -4.93. The van der Waals surface area contributed by atoms with Crippen LogP contribution in [0.4, 0.5) is 34.0 Å². The highest BCUT2D eigenvalue weighted by molar-refractivity contribution is 5.99. The molecule has 0 atom stereocenters. The van der Waals surface area contributed by atoms with Crippen LogP contribution in [-0.2, 0) is 24.2 Å². The largest absolute Gasteiger partial charge is 0.573 e. The number of likely N-dealkylation sites (tertiary alicyclic amines) is 1. The van der Waals surface area contributed by atoms with E-state index in [0.717, 1.165) is 33.3 Å². The predicted octanol–water partition coefficient (Wildman–Crippen LogP) is 7.50. The third-order valence-corrected chi connectivity index (χ3v) is 11.8. The van der Waals surface area contributed by atoms with Gasteiger partial charge in [0.2, 0.25) is 5.95 Å². The summed E-state index contributed by atoms with van der Waals surface area (Å²) in [4.78, 5) is 75.9. The molecule has 22 heteroatoms. The van der Waals surface area contributed by atoms with E-state index in [9.17, 15) is 42.7 Å². The summed E-state index contributed by atoms with van der Waals surface area (Å²) in [5, 5.41) is 23.5. The van der Waals surface area contributed by atoms with Crippen molar-refractivity contribution in [2.45, 2.75) is 71.1 Å². The first-order chi connectivity index (χ1) is 32.9. The lowest BCUT2D eigenvalue weighted by atomic mass is 10.0. The van der Waals surface area contributed by atoms with Gasteiger partial charge in [0.05, 0.1) is 36.6 Å². The standard InChI is InChI=1S/C47H41F4N11O7/c1-46(2,3)69-45(67)58-18-14-29(15-19-58)62-40-38(37(42(64)65)56-43(57-40)55-28-8-11-31(12-9-28)68-47(49,50)51)61(44(62)66)30-10-13-35(54-23-30)41(63)59-20-16-32-33-5-4-17-53-39(33)60(36(32)25-59)24-27-7-6-26(22-52)21-34(27)48/h4-13,17,21,23,29H,14-16,18-20,24-25H2,1-3H3,(H,64,65)(H,55,56,57). The number of aromatic carboxylic acids is 1. The first kappa shape index (κ1) is 45.8. The van der Waals surface area contributed by atoms with Crippen molar-refractivity contribution in [3.05, 3.63) is 129 Å². The molecule has 2 N–H and O–H groups in total. The summed E-state index contributed by atoms with van der Waals surface area (Å²) in [6, 6.07) is 16.7. The molecule has 0 aliphatic carbocycles. The van der Waals surface area contributed by atoms with Crippen molar-refractivity contribution >= 4 is 51.8 Å². The molecule has 7 aromatic rings. The van der Waals surface area contributed by atoms with E-state index < -0.39 is 58.9 Å². The first-order valence-corrected chi connectivity index (χ1v) is 21.6. The zero-order valence-electron chi connectivity index (χ0n) is 37.1. The van der Waals surface area contributed by atoms with Crippen LogP contribution in [-0.4, -0.2) is 98.1 Å². The van der Waals surface area contributed by atoms with E-state index in [1.165, 1.54) is 52.1 Å². The Morgan fingerprint density at radius 3 is 2.35 bits per heavy atom. The van der Waals surface area contributed by atoms with E-state index in [2.05, 4.69) is 30.0 Å². The molecule has 2 amide bonds. The summed E-state index contributed by atoms with van der Waals surface area (Å²) in [6.07, 6.45) is -1.62. The maximum atomic E-state index is 15.2. The third kappa shape index (κ3) is 9.22. The molecule has 0 spiro atoms. The highest BCUT2D eigenvalue weighted by Crippen LogP contribution is 2.33. The molecule has 2 aromatic carbocycles. The van der Waals surface area contributed by atoms with Gasteiger partial charge in [0, 0.05) is 54.2 Å². The molecule has 0 saturated carbocycles. The van der Waals surface area contributed by atoms with Crippen molar-refractivity contribution in [3.8, 4) is 17.5 Å². The number of pyridine rings is 2. The number of alkyl halides is 3. The lowest BCUT2D eigenvalue weighted by Crippen LogP contribution is -2.43. The molecule has 2 aliphatic heterocycles. The van der Waals surface area contributed by atoms with Gasteiger partial charge in [-0.2, -0.15) is 10.2 Å². The monoisotopic (exact) mass is 947 g/mol. The number of carbonyl (C=O) groups excluding carboxylic acids is 2. The third-order valence-electron chi connectivity index (χ3n) is 11.8. The molecule has 354 valence electrons. The molecule has 7 heterocycles. The highest BCUT2D eigenvalue weighted by atomic mass is 19.4. The fourth-order valence-corrected chi connectivity index (χ4v) is 8.71. The van der Waals surface area contributed by atoms with Gasteiger partial charge < -0.3 is 34.3 Å². The van der Waals surface area contributed by atoms with Gasteiger partial charge in [-0.05, 0) is 106 Å². The first-order valence-electron chi connectivity index (χ1n) is 21.6. The lowest BCUT2D eigenvalue weighted by molar-refractivity contribution is -0.274. The summed E-state index contributed by atoms with van der Waals surface area (Å²) in [5.41, 5.74) is 0.746. The van der Waals surface area contributed by atoms with Crippen LogP contribution in [0, 0.1) is 17.1 Å². The average molecular weight is 948 g/mol. The van der Waals surface area contributed by atoms with E-state index >= 15 is 4.39 Å². The number of imidazole rings is 1. The van der Waals surface area contributed by atoms with E-state index in [-0.39, 0.29) is 78.8 Å². The van der Waals surface area contributed by atoms with Crippen molar-refractivity contribution in [2.75, 3.05) is 25.0 Å². The second-order valence-electron chi connectivity index (χ2n) is 17.4. The van der Waals surface area contributed by atoms with Gasteiger partial charge >= 0.3 is 24.1 Å². The zero-order chi connectivity index (χ0) is 48.9. The molecule has 0 radical (unpaired) electrons. The summed E-state index contributed by atoms with van der Waals surface area (Å²) >= 11 is 0. The Bertz CT molecular complexity index is 3270. The highest BCUT2D eigenvalue weighted by Gasteiger charge is 2.35. The van der Waals surface area contributed by atoms with Crippen molar-refractivity contribution in [2.24, 2.45) is 0 Å². The SMILES string of the molecule is CC(C)(C)OC(=O)N1CCC(n2c(=O)n(-c3ccc(C(=O)N4CCc5c(n(Cc6ccc(C#N)cc6F)c6ncccc56)C4)nc3)c3c(C(=O)O)nc(Nc4ccc(OC(F)(F)F)cc4)nc32)CC1. The summed E-state index contributed by atoms with van der Waals surface area (Å²) in [7, 11) is 0. The molecule has 1 saturated heterocycles. The number of nitriles is 1. The van der Waals surface area contributed by atoms with Crippen LogP contribution in [0.5, 0.6) is 5.75 Å². The normalized spacial score (nSPS) is 14.4. The van der Waals surface area contributed by atoms with E-state index in [1.807, 2.05) is 16.7 Å². The number of nitrogens with zero attached hydrogens (tertiary/aromatic N) is 10. The second kappa shape index (κ2) is 17.7. The summed E-state index contributed by atoms with van der Waals surface area (Å²) < 4.78 is 67.4. The number of nitrogens with one attached hydrogen (secondary N) is 1. The quantitative estimate of drug-likeness (QED) is 0.134. The number of piperidine rings is 1. The maximum absolute atomic E-state index is 15.2. The molecule has 0 unspecified atom stereocenters. The molecule has 0 bridgehead atoms. The fraction of sp³-hybridized carbons (Fsp3) is 0.298. The van der Waals surface area contributed by atoms with Crippen molar-refractivity contribution < 1.29 is 46.5 Å². The molecule has 2 aliphatic rings. The van der Waals surface area contributed by atoms with Crippen LogP contribution in [0.15, 0.2) is 83.9 Å². The zero-order valence-corrected chi connectivity index (χ0v) is 37.1. The number of ether oxygens (including phenoxy) is 2. The Morgan fingerprint density at radius 2 is 1.70 bits per heavy atom. The molecule has 18 nitrogen and oxygen atoms in total. The van der Waals surface area contributed by atoms with Crippen molar-refractivity contribution in [1.82, 2.24) is 43.4 Å². The Balaban J connectivity index is 1.05. The smallest absolute Gasteiger partial charge is 0.476 e. The van der Waals surface area contributed by atoms with Gasteiger partial charge in [-0.1, -0.05) is 6.07 Å². The van der Waals surface area contributed by atoms with Crippen LogP contribution in [0.3, 0.4) is 0 Å². The van der Waals surface area contributed by atoms with Gasteiger partial charge in [0.15, 0.2) is 11.3 Å². The Labute approximate surface area is 389 Å². The number of carbonyl (C=O) groups is 3. The molecule has 69 heavy (non-hydrogen) atoms. The number of rotatable bonds is 9. The van der Waals surface area contributed by atoms with Crippen LogP contribution in [0.1, 0.15) is 83.0 Å². The molecule has 9 rings (SSSR count). The summed E-state index contributed by atoms with van der Waals surface area (Å²) in [6.45, 7) is 6.14. The van der Waals surface area contributed by atoms with Gasteiger partial charge in [0.1, 0.15) is 34.0 Å². The molecule has 5 aromatic heterocycles. The predicted molar refractivity (Wildman–Crippen MR) is 239 cm³/mol. The number of amides is 2. The fourth-order valence-electron chi connectivity index (χ4n) is 8.71. The number of carboxylic acid groups (broad SMARTS) is 1. The number of hydrogen-bond donors (Lipinski definition) is 2. The van der Waals surface area contributed by atoms with Crippen molar-refractivity contribution in [3.63, 3.8) is 0 Å². The second-order valence-corrected chi connectivity index (χ2v) is 17.4. The number of carboxylic acids is 1. The number of hydrogen-bond acceptors (Lipinski definition) is 12. The maximum Gasteiger partial charge on any atom is 0.573 e. The minimum Gasteiger partial charge on any atom is -0.476 e. The molecular formula is C47H41F4N11O7. The van der Waals surface area contributed by atoms with Gasteiger partial charge in [-0.3, -0.25) is 13.9 Å². The van der Waals surface area contributed by atoms with E-state index in [4.69, 9.17) is 4.74 Å². The lowest BCUT2D eigenvalue weighted by Gasteiger charge is -2.33. The number of anilines is 2. The number of fused-ring (bicyclic) bond motifs is 4. The summed E-state index contributed by atoms with van der Waals surface area (Å²) in [5.74, 6) is -3.33. The number of benzene rings is 2. The Kier molecular flexibility index (Phi) is 11.8. The Morgan fingerprint density at radius 1 is 0.942 bits per heavy atom. The number of halogens is 4. The van der Waals surface area contributed by atoms with Crippen LogP contribution >= 0.6 is 0 Å². The Hall–Kier alpha value is -8.35. The molecular weight excluding hydrogens is 907 g/mol. The van der Waals surface area contributed by atoms with Gasteiger partial charge in [-0.15, -0.1) is 13.2 Å². The number of aromatic nitrogens is 7. The average Bonchev–Trinajstić information content (AvgIpc) is 3.78. The van der Waals surface area contributed by atoms with Crippen LogP contribution < -0.4 is 15.7 Å². The van der Waals surface area contributed by atoms with Gasteiger partial charge in [0.25, 0.3) is 5.91 Å². The van der Waals surface area contributed by atoms with E-state index in [1.54, 1.807) is 44.0 Å².